The number of likely N-dealkylation sites (tertiary alicyclic amines) is 1. The molecule has 5 rings (SSSR count). The summed E-state index contributed by atoms with van der Waals surface area (Å²) in [5.41, 5.74) is 11.5. The maximum absolute atomic E-state index is 13.6. The first-order valence-corrected chi connectivity index (χ1v) is 16.1. The SMILES string of the molecule is CC.CN.C[C@@H](NC(=O)C1C[C@@H](c2ccccc2)CN1C(=O)Cc1ccc(Oc2ccccc2)cc1)c1cc(C=N)cs1.NC=O. The predicted octanol–water partition coefficient (Wildman–Crippen LogP) is 6.05. The maximum atomic E-state index is 13.6. The molecule has 6 N–H and O–H groups in total. The fraction of sp³-hybridized carbons (Fsp3) is 0.278. The normalized spacial score (nSPS) is 15.3. The lowest BCUT2D eigenvalue weighted by Crippen LogP contribution is -2.46. The number of carbonyl (C=O) groups is 3. The van der Waals surface area contributed by atoms with E-state index in [2.05, 4.69) is 28.9 Å². The third-order valence-electron chi connectivity index (χ3n) is 7.04. The van der Waals surface area contributed by atoms with Crippen molar-refractivity contribution < 1.29 is 19.1 Å². The van der Waals surface area contributed by atoms with Gasteiger partial charge in [0.15, 0.2) is 0 Å². The van der Waals surface area contributed by atoms with Crippen molar-refractivity contribution in [3.05, 3.63) is 118 Å². The highest BCUT2D eigenvalue weighted by atomic mass is 32.1. The van der Waals surface area contributed by atoms with Crippen LogP contribution in [0.4, 0.5) is 0 Å². The Balaban J connectivity index is 0.000000977. The van der Waals surface area contributed by atoms with Crippen molar-refractivity contribution in [1.82, 2.24) is 10.2 Å². The number of amides is 3. The van der Waals surface area contributed by atoms with E-state index in [1.54, 1.807) is 4.90 Å². The number of nitrogens with one attached hydrogen (secondary N) is 2. The highest BCUT2D eigenvalue weighted by Gasteiger charge is 2.40. The summed E-state index contributed by atoms with van der Waals surface area (Å²) in [6.07, 6.45) is 2.34. The molecule has 0 bridgehead atoms. The van der Waals surface area contributed by atoms with E-state index in [9.17, 15) is 9.59 Å². The van der Waals surface area contributed by atoms with Crippen LogP contribution >= 0.6 is 11.3 Å². The van der Waals surface area contributed by atoms with Crippen LogP contribution in [0.15, 0.2) is 96.4 Å². The number of carbonyl (C=O) groups excluding carboxylic acids is 3. The molecule has 0 saturated carbocycles. The molecule has 244 valence electrons. The summed E-state index contributed by atoms with van der Waals surface area (Å²) in [5.74, 6) is 1.33. The topological polar surface area (TPSA) is 152 Å². The number of thiophene rings is 1. The lowest BCUT2D eigenvalue weighted by Gasteiger charge is -2.25. The number of para-hydroxylation sites is 1. The van der Waals surface area contributed by atoms with E-state index in [4.69, 9.17) is 14.9 Å². The van der Waals surface area contributed by atoms with Crippen molar-refractivity contribution >= 4 is 35.8 Å². The number of primary amides is 1. The van der Waals surface area contributed by atoms with Crippen molar-refractivity contribution in [1.29, 1.82) is 5.41 Å². The molecule has 0 radical (unpaired) electrons. The fourth-order valence-electron chi connectivity index (χ4n) is 4.95. The highest BCUT2D eigenvalue weighted by Crippen LogP contribution is 2.33. The van der Waals surface area contributed by atoms with Crippen molar-refractivity contribution in [2.75, 3.05) is 13.6 Å². The summed E-state index contributed by atoms with van der Waals surface area (Å²) in [6.45, 7) is 6.44. The molecule has 46 heavy (non-hydrogen) atoms. The van der Waals surface area contributed by atoms with E-state index < -0.39 is 6.04 Å². The summed E-state index contributed by atoms with van der Waals surface area (Å²) >= 11 is 1.52. The zero-order valence-electron chi connectivity index (χ0n) is 26.9. The van der Waals surface area contributed by atoms with Gasteiger partial charge >= 0.3 is 0 Å². The molecule has 0 aliphatic carbocycles. The van der Waals surface area contributed by atoms with Crippen LogP contribution < -0.4 is 21.5 Å². The van der Waals surface area contributed by atoms with E-state index in [-0.39, 0.29) is 36.6 Å². The molecular weight excluding hydrogens is 598 g/mol. The van der Waals surface area contributed by atoms with Gasteiger partial charge in [-0.15, -0.1) is 11.3 Å². The molecule has 3 atom stereocenters. The molecule has 1 aliphatic rings. The largest absolute Gasteiger partial charge is 0.457 e. The molecule has 3 amide bonds. The smallest absolute Gasteiger partial charge is 0.243 e. The lowest BCUT2D eigenvalue weighted by molar-refractivity contribution is -0.138. The van der Waals surface area contributed by atoms with Crippen LogP contribution in [0.25, 0.3) is 0 Å². The van der Waals surface area contributed by atoms with Crippen LogP contribution in [0.3, 0.4) is 0 Å². The molecule has 0 spiro atoms. The summed E-state index contributed by atoms with van der Waals surface area (Å²) in [7, 11) is 1.50. The molecule has 3 aromatic carbocycles. The zero-order valence-corrected chi connectivity index (χ0v) is 27.7. The van der Waals surface area contributed by atoms with Gasteiger partial charge in [-0.25, -0.2) is 0 Å². The highest BCUT2D eigenvalue weighted by molar-refractivity contribution is 7.10. The van der Waals surface area contributed by atoms with Crippen LogP contribution in [-0.2, 0) is 20.8 Å². The Labute approximate surface area is 276 Å². The van der Waals surface area contributed by atoms with E-state index in [1.165, 1.54) is 24.6 Å². The lowest BCUT2D eigenvalue weighted by atomic mass is 9.96. The van der Waals surface area contributed by atoms with Gasteiger partial charge in [-0.05, 0) is 67.2 Å². The number of rotatable bonds is 9. The van der Waals surface area contributed by atoms with Gasteiger partial charge < -0.3 is 31.8 Å². The van der Waals surface area contributed by atoms with Gasteiger partial charge in [-0.3, -0.25) is 14.4 Å². The molecular formula is C36H45N5O4S. The van der Waals surface area contributed by atoms with E-state index in [0.29, 0.717) is 18.7 Å². The Morgan fingerprint density at radius 3 is 2.13 bits per heavy atom. The number of ether oxygens (including phenoxy) is 1. The maximum Gasteiger partial charge on any atom is 0.243 e. The van der Waals surface area contributed by atoms with Gasteiger partial charge in [-0.2, -0.15) is 0 Å². The Hall–Kier alpha value is -4.80. The van der Waals surface area contributed by atoms with Crippen LogP contribution in [-0.4, -0.2) is 49.0 Å². The Kier molecular flexibility index (Phi) is 16.5. The van der Waals surface area contributed by atoms with Gasteiger partial charge in [0, 0.05) is 29.1 Å². The number of hydrogen-bond acceptors (Lipinski definition) is 7. The van der Waals surface area contributed by atoms with Gasteiger partial charge in [0.05, 0.1) is 12.5 Å². The third-order valence-corrected chi connectivity index (χ3v) is 8.18. The minimum atomic E-state index is -0.548. The van der Waals surface area contributed by atoms with Crippen LogP contribution in [0.1, 0.15) is 60.7 Å². The fourth-order valence-corrected chi connectivity index (χ4v) is 5.83. The monoisotopic (exact) mass is 643 g/mol. The quantitative estimate of drug-likeness (QED) is 0.129. The minimum Gasteiger partial charge on any atom is -0.457 e. The second kappa shape index (κ2) is 20.3. The Bertz CT molecular complexity index is 1480. The minimum absolute atomic E-state index is 0.0693. The second-order valence-corrected chi connectivity index (χ2v) is 10.9. The number of nitrogens with zero attached hydrogens (tertiary/aromatic N) is 1. The van der Waals surface area contributed by atoms with Gasteiger partial charge in [0.25, 0.3) is 0 Å². The number of nitrogens with two attached hydrogens (primary N) is 2. The van der Waals surface area contributed by atoms with E-state index >= 15 is 0 Å². The molecule has 1 aromatic heterocycles. The van der Waals surface area contributed by atoms with Crippen molar-refractivity contribution in [3.8, 4) is 11.5 Å². The third kappa shape index (κ3) is 11.0. The first-order chi connectivity index (χ1) is 22.4. The van der Waals surface area contributed by atoms with Crippen molar-refractivity contribution in [3.63, 3.8) is 0 Å². The predicted molar refractivity (Wildman–Crippen MR) is 186 cm³/mol. The van der Waals surface area contributed by atoms with Crippen LogP contribution in [0, 0.1) is 5.41 Å². The Morgan fingerprint density at radius 1 is 1.00 bits per heavy atom. The average molecular weight is 644 g/mol. The first-order valence-electron chi connectivity index (χ1n) is 15.2. The summed E-state index contributed by atoms with van der Waals surface area (Å²) in [6, 6.07) is 28.3. The van der Waals surface area contributed by atoms with Gasteiger partial charge in [-0.1, -0.05) is 74.5 Å². The molecule has 9 nitrogen and oxygen atoms in total. The molecule has 4 aromatic rings. The standard InChI is InChI=1S/C32H31N3O3S.C2H6.CH3NO.CH5N/c1-22(30-16-24(19-33)21-39-30)34-32(37)29-18-26(25-8-4-2-5-9-25)20-35(29)31(36)17-23-12-14-28(15-13-23)38-27-10-6-3-7-11-27;1-2;2-1-3;1-2/h2-16,19,21-22,26,29,33H,17-18,20H2,1H3,(H,34,37);1-2H3;1H,(H2,2,3);2H2,1H3/t22-,26-,29?;;;/m1.../s1. The van der Waals surface area contributed by atoms with E-state index in [1.807, 2.05) is 105 Å². The second-order valence-electron chi connectivity index (χ2n) is 9.93. The van der Waals surface area contributed by atoms with E-state index in [0.717, 1.165) is 27.3 Å². The molecule has 1 unspecified atom stereocenters. The first kappa shape index (κ1) is 37.4. The molecule has 1 saturated heterocycles. The van der Waals surface area contributed by atoms with Crippen LogP contribution in [0.2, 0.25) is 0 Å². The number of benzene rings is 3. The molecule has 1 aliphatic heterocycles. The molecule has 10 heteroatoms. The molecule has 1 fully saturated rings. The summed E-state index contributed by atoms with van der Waals surface area (Å²) < 4.78 is 5.87. The average Bonchev–Trinajstić information content (AvgIpc) is 3.78. The summed E-state index contributed by atoms with van der Waals surface area (Å²) in [5, 5.41) is 12.5. The van der Waals surface area contributed by atoms with Crippen molar-refractivity contribution in [2.24, 2.45) is 11.5 Å². The van der Waals surface area contributed by atoms with Crippen molar-refractivity contribution in [2.45, 2.75) is 51.6 Å². The summed E-state index contributed by atoms with van der Waals surface area (Å²) in [4.78, 5) is 38.4. The zero-order chi connectivity index (χ0) is 33.9. The number of hydrogen-bond donors (Lipinski definition) is 4. The van der Waals surface area contributed by atoms with Gasteiger partial charge in [0.2, 0.25) is 18.2 Å². The van der Waals surface area contributed by atoms with Gasteiger partial charge in [0.1, 0.15) is 17.5 Å². The Morgan fingerprint density at radius 2 is 1.57 bits per heavy atom. The van der Waals surface area contributed by atoms with Crippen LogP contribution in [0.5, 0.6) is 11.5 Å². The molecule has 2 heterocycles.